The summed E-state index contributed by atoms with van der Waals surface area (Å²) in [5.74, 6) is -3.73. The van der Waals surface area contributed by atoms with Gasteiger partial charge < -0.3 is 10.2 Å². The number of piperidine rings is 1. The van der Waals surface area contributed by atoms with Crippen molar-refractivity contribution in [2.75, 3.05) is 18.4 Å². The maximum absolute atomic E-state index is 14.5. The van der Waals surface area contributed by atoms with Crippen LogP contribution < -0.4 is 5.32 Å². The summed E-state index contributed by atoms with van der Waals surface area (Å²) < 4.78 is 30.6. The molecular formula is C22H22Cl2F2N6O. The maximum atomic E-state index is 14.5. The van der Waals surface area contributed by atoms with E-state index in [-0.39, 0.29) is 18.7 Å². The number of anilines is 1. The zero-order valence-corrected chi connectivity index (χ0v) is 19.5. The summed E-state index contributed by atoms with van der Waals surface area (Å²) in [6.07, 6.45) is 4.24. The number of carbonyl (C=O) groups excluding carboxylic acids is 1. The molecular weight excluding hydrogens is 473 g/mol. The first-order valence-corrected chi connectivity index (χ1v) is 11.1. The van der Waals surface area contributed by atoms with Crippen molar-refractivity contribution < 1.29 is 13.6 Å². The Kier molecular flexibility index (Phi) is 6.54. The molecule has 3 heterocycles. The van der Waals surface area contributed by atoms with Crippen LogP contribution in [-0.2, 0) is 7.05 Å². The summed E-state index contributed by atoms with van der Waals surface area (Å²) in [7, 11) is 1.68. The van der Waals surface area contributed by atoms with Gasteiger partial charge in [0.1, 0.15) is 0 Å². The number of benzene rings is 1. The number of aromatic nitrogens is 4. The predicted octanol–water partition coefficient (Wildman–Crippen LogP) is 4.78. The van der Waals surface area contributed by atoms with Crippen LogP contribution in [0.1, 0.15) is 23.8 Å². The molecule has 4 rings (SSSR count). The Morgan fingerprint density at radius 1 is 1.18 bits per heavy atom. The largest absolute Gasteiger partial charge is 0.352 e. The van der Waals surface area contributed by atoms with E-state index in [1.165, 1.54) is 22.0 Å². The molecule has 0 radical (unpaired) electrons. The molecule has 1 aliphatic heterocycles. The second kappa shape index (κ2) is 9.23. The van der Waals surface area contributed by atoms with Gasteiger partial charge in [0.25, 0.3) is 11.8 Å². The Balaban J connectivity index is 1.64. The summed E-state index contributed by atoms with van der Waals surface area (Å²) in [5.41, 5.74) is 1.38. The lowest BCUT2D eigenvalue weighted by atomic mass is 9.88. The van der Waals surface area contributed by atoms with Gasteiger partial charge in [-0.15, -0.1) is 0 Å². The third-order valence-corrected chi connectivity index (χ3v) is 6.06. The standard InChI is InChI=1S/C22H22Cl2F2N6O/c1-13-7-22(25,26)12-32(18(13)10-29-21-27-8-16(24)9-28-21)20(33)19-17(11-31(2)30-19)14-3-5-15(23)6-4-14/h3-6,8-9,11,13,18H,7,10,12H2,1-2H3,(H,27,28,29)/t13-,18-/m1/s1. The Labute approximate surface area is 199 Å². The van der Waals surface area contributed by atoms with Crippen LogP contribution in [0.3, 0.4) is 0 Å². The average Bonchev–Trinajstić information content (AvgIpc) is 3.15. The maximum Gasteiger partial charge on any atom is 0.275 e. The fourth-order valence-electron chi connectivity index (χ4n) is 4.10. The number of hydrogen-bond donors (Lipinski definition) is 1. The van der Waals surface area contributed by atoms with Crippen LogP contribution >= 0.6 is 23.2 Å². The average molecular weight is 495 g/mol. The summed E-state index contributed by atoms with van der Waals surface area (Å²) in [6.45, 7) is 1.22. The minimum atomic E-state index is -3.00. The number of rotatable bonds is 5. The highest BCUT2D eigenvalue weighted by Crippen LogP contribution is 2.36. The lowest BCUT2D eigenvalue weighted by Crippen LogP contribution is -2.57. The number of amides is 1. The minimum absolute atomic E-state index is 0.109. The third-order valence-electron chi connectivity index (χ3n) is 5.62. The minimum Gasteiger partial charge on any atom is -0.352 e. The lowest BCUT2D eigenvalue weighted by Gasteiger charge is -2.43. The molecule has 0 spiro atoms. The highest BCUT2D eigenvalue weighted by Gasteiger charge is 2.46. The van der Waals surface area contributed by atoms with Gasteiger partial charge in [-0.2, -0.15) is 5.10 Å². The Hall–Kier alpha value is -2.78. The van der Waals surface area contributed by atoms with Gasteiger partial charge in [0.05, 0.1) is 30.0 Å². The zero-order chi connectivity index (χ0) is 23.8. The van der Waals surface area contributed by atoms with Crippen molar-refractivity contribution in [3.05, 3.63) is 58.6 Å². The molecule has 174 valence electrons. The molecule has 33 heavy (non-hydrogen) atoms. The Morgan fingerprint density at radius 3 is 2.52 bits per heavy atom. The van der Waals surface area contributed by atoms with Crippen LogP contribution in [0.4, 0.5) is 14.7 Å². The number of halogens is 4. The van der Waals surface area contributed by atoms with Gasteiger partial charge in [0.15, 0.2) is 5.69 Å². The van der Waals surface area contributed by atoms with E-state index >= 15 is 0 Å². The van der Waals surface area contributed by atoms with Gasteiger partial charge in [-0.1, -0.05) is 42.3 Å². The molecule has 0 unspecified atom stereocenters. The Morgan fingerprint density at radius 2 is 1.85 bits per heavy atom. The summed E-state index contributed by atoms with van der Waals surface area (Å²) >= 11 is 11.8. The molecule has 0 saturated carbocycles. The van der Waals surface area contributed by atoms with E-state index in [2.05, 4.69) is 20.4 Å². The highest BCUT2D eigenvalue weighted by molar-refractivity contribution is 6.30. The molecule has 2 atom stereocenters. The molecule has 7 nitrogen and oxygen atoms in total. The molecule has 1 amide bonds. The van der Waals surface area contributed by atoms with Crippen molar-refractivity contribution in [3.8, 4) is 11.1 Å². The number of nitrogens with zero attached hydrogens (tertiary/aromatic N) is 5. The summed E-state index contributed by atoms with van der Waals surface area (Å²) in [4.78, 5) is 22.9. The highest BCUT2D eigenvalue weighted by atomic mass is 35.5. The van der Waals surface area contributed by atoms with Crippen LogP contribution in [0.2, 0.25) is 10.0 Å². The fraction of sp³-hybridized carbons (Fsp3) is 0.364. The molecule has 1 saturated heterocycles. The lowest BCUT2D eigenvalue weighted by molar-refractivity contribution is -0.0898. The smallest absolute Gasteiger partial charge is 0.275 e. The van der Waals surface area contributed by atoms with E-state index in [9.17, 15) is 13.6 Å². The zero-order valence-electron chi connectivity index (χ0n) is 18.0. The second-order valence-corrected chi connectivity index (χ2v) is 9.09. The number of alkyl halides is 2. The normalized spacial score (nSPS) is 20.0. The van der Waals surface area contributed by atoms with Gasteiger partial charge in [0.2, 0.25) is 5.95 Å². The third kappa shape index (κ3) is 5.25. The molecule has 3 aromatic rings. The molecule has 1 fully saturated rings. The first kappa shape index (κ1) is 23.4. The van der Waals surface area contributed by atoms with E-state index in [4.69, 9.17) is 23.2 Å². The van der Waals surface area contributed by atoms with Crippen LogP contribution in [0, 0.1) is 5.92 Å². The number of likely N-dealkylation sites (tertiary alicyclic amines) is 1. The van der Waals surface area contributed by atoms with Gasteiger partial charge in [-0.3, -0.25) is 9.48 Å². The molecule has 1 aliphatic rings. The van der Waals surface area contributed by atoms with Crippen molar-refractivity contribution in [1.29, 1.82) is 0 Å². The second-order valence-electron chi connectivity index (χ2n) is 8.22. The van der Waals surface area contributed by atoms with E-state index in [1.807, 2.05) is 0 Å². The quantitative estimate of drug-likeness (QED) is 0.552. The molecule has 0 bridgehead atoms. The first-order valence-electron chi connectivity index (χ1n) is 10.3. The number of carbonyl (C=O) groups is 1. The molecule has 2 aromatic heterocycles. The van der Waals surface area contributed by atoms with Crippen LogP contribution in [0.25, 0.3) is 11.1 Å². The first-order chi connectivity index (χ1) is 15.6. The van der Waals surface area contributed by atoms with Gasteiger partial charge in [0, 0.05) is 36.8 Å². The van der Waals surface area contributed by atoms with Crippen LogP contribution in [0.15, 0.2) is 42.9 Å². The van der Waals surface area contributed by atoms with E-state index < -0.39 is 30.3 Å². The van der Waals surface area contributed by atoms with Gasteiger partial charge >= 0.3 is 0 Å². The van der Waals surface area contributed by atoms with E-state index in [0.29, 0.717) is 21.6 Å². The number of aryl methyl sites for hydroxylation is 1. The number of hydrogen-bond acceptors (Lipinski definition) is 5. The van der Waals surface area contributed by atoms with E-state index in [0.717, 1.165) is 5.56 Å². The number of nitrogens with one attached hydrogen (secondary N) is 1. The van der Waals surface area contributed by atoms with Crippen molar-refractivity contribution >= 4 is 35.1 Å². The summed E-state index contributed by atoms with van der Waals surface area (Å²) in [5, 5.41) is 8.27. The van der Waals surface area contributed by atoms with E-state index in [1.54, 1.807) is 44.4 Å². The van der Waals surface area contributed by atoms with Crippen LogP contribution in [0.5, 0.6) is 0 Å². The Bertz CT molecular complexity index is 1140. The van der Waals surface area contributed by atoms with Crippen molar-refractivity contribution in [3.63, 3.8) is 0 Å². The molecule has 0 aliphatic carbocycles. The molecule has 1 N–H and O–H groups in total. The van der Waals surface area contributed by atoms with Crippen molar-refractivity contribution in [1.82, 2.24) is 24.6 Å². The van der Waals surface area contributed by atoms with Gasteiger partial charge in [-0.25, -0.2) is 18.7 Å². The topological polar surface area (TPSA) is 75.9 Å². The van der Waals surface area contributed by atoms with Crippen molar-refractivity contribution in [2.24, 2.45) is 13.0 Å². The van der Waals surface area contributed by atoms with Gasteiger partial charge in [-0.05, 0) is 23.6 Å². The van der Waals surface area contributed by atoms with Crippen molar-refractivity contribution in [2.45, 2.75) is 25.3 Å². The fourth-order valence-corrected chi connectivity index (χ4v) is 4.33. The summed E-state index contributed by atoms with van der Waals surface area (Å²) in [6, 6.07) is 6.42. The monoisotopic (exact) mass is 494 g/mol. The SMILES string of the molecule is C[C@@H]1CC(F)(F)CN(C(=O)c2nn(C)cc2-c2ccc(Cl)cc2)[C@@H]1CNc1ncc(Cl)cn1. The molecule has 1 aromatic carbocycles. The van der Waals surface area contributed by atoms with Crippen LogP contribution in [-0.4, -0.2) is 55.6 Å². The molecule has 11 heteroatoms. The predicted molar refractivity (Wildman–Crippen MR) is 123 cm³/mol.